The van der Waals surface area contributed by atoms with Gasteiger partial charge in [0.1, 0.15) is 0 Å². The lowest BCUT2D eigenvalue weighted by atomic mass is 10.8. The van der Waals surface area contributed by atoms with Gasteiger partial charge in [-0.15, -0.1) is 0 Å². The molecule has 2 N–H and O–H groups in total. The summed E-state index contributed by atoms with van der Waals surface area (Å²) in [5, 5.41) is 9.77. The molecular formula is C3H9NO4P-. The Morgan fingerprint density at radius 1 is 1.89 bits per heavy atom. The summed E-state index contributed by atoms with van der Waals surface area (Å²) in [6, 6.07) is 0. The van der Waals surface area contributed by atoms with Gasteiger partial charge in [-0.2, -0.15) is 0 Å². The van der Waals surface area contributed by atoms with E-state index in [2.05, 4.69) is 4.52 Å². The van der Waals surface area contributed by atoms with E-state index in [1.807, 2.05) is 0 Å². The SMILES string of the molecule is COP(=O)(O)C(C)N[O-]. The van der Waals surface area contributed by atoms with Crippen molar-refractivity contribution in [2.45, 2.75) is 12.7 Å². The zero-order valence-corrected chi connectivity index (χ0v) is 6.09. The summed E-state index contributed by atoms with van der Waals surface area (Å²) in [6.07, 6.45) is 0. The van der Waals surface area contributed by atoms with Crippen molar-refractivity contribution in [1.82, 2.24) is 5.48 Å². The van der Waals surface area contributed by atoms with Crippen molar-refractivity contribution < 1.29 is 14.0 Å². The Kier molecular flexibility index (Phi) is 3.32. The third-order valence-corrected chi connectivity index (χ3v) is 2.53. The first-order valence-electron chi connectivity index (χ1n) is 2.30. The van der Waals surface area contributed by atoms with Crippen molar-refractivity contribution in [3.63, 3.8) is 0 Å². The molecule has 2 atom stereocenters. The minimum absolute atomic E-state index is 1.05. The van der Waals surface area contributed by atoms with Gasteiger partial charge in [-0.25, -0.2) is 0 Å². The van der Waals surface area contributed by atoms with E-state index in [1.54, 1.807) is 0 Å². The lowest BCUT2D eigenvalue weighted by molar-refractivity contribution is 0.302. The van der Waals surface area contributed by atoms with Crippen LogP contribution in [0.2, 0.25) is 0 Å². The van der Waals surface area contributed by atoms with Crippen LogP contribution < -0.4 is 5.48 Å². The maximum absolute atomic E-state index is 10.6. The van der Waals surface area contributed by atoms with E-state index in [0.29, 0.717) is 0 Å². The van der Waals surface area contributed by atoms with Crippen molar-refractivity contribution in [1.29, 1.82) is 0 Å². The predicted octanol–water partition coefficient (Wildman–Crippen LogP) is 0.252. The van der Waals surface area contributed by atoms with Crippen LogP contribution in [0.25, 0.3) is 0 Å². The molecule has 0 saturated heterocycles. The van der Waals surface area contributed by atoms with Crippen molar-refractivity contribution in [2.75, 3.05) is 7.11 Å². The molecule has 0 aliphatic carbocycles. The summed E-state index contributed by atoms with van der Waals surface area (Å²) < 4.78 is 14.7. The smallest absolute Gasteiger partial charge is 0.343 e. The maximum atomic E-state index is 10.6. The van der Waals surface area contributed by atoms with Crippen LogP contribution in [-0.2, 0) is 9.09 Å². The van der Waals surface area contributed by atoms with E-state index in [1.165, 1.54) is 12.4 Å². The molecule has 0 aromatic rings. The van der Waals surface area contributed by atoms with Gasteiger partial charge in [0.2, 0.25) is 0 Å². The van der Waals surface area contributed by atoms with Gasteiger partial charge in [-0.1, -0.05) is 0 Å². The van der Waals surface area contributed by atoms with Crippen LogP contribution in [0.1, 0.15) is 6.92 Å². The van der Waals surface area contributed by atoms with Crippen molar-refractivity contribution in [3.8, 4) is 0 Å². The molecule has 0 aromatic carbocycles. The van der Waals surface area contributed by atoms with E-state index in [-0.39, 0.29) is 0 Å². The molecule has 0 aliphatic heterocycles. The summed E-state index contributed by atoms with van der Waals surface area (Å²) in [7, 11) is -2.61. The molecule has 0 rings (SSSR count). The van der Waals surface area contributed by atoms with E-state index in [0.717, 1.165) is 7.11 Å². The van der Waals surface area contributed by atoms with Crippen molar-refractivity contribution >= 4 is 7.60 Å². The fourth-order valence-electron chi connectivity index (χ4n) is 0.225. The Morgan fingerprint density at radius 2 is 2.33 bits per heavy atom. The summed E-state index contributed by atoms with van der Waals surface area (Å²) in [4.78, 5) is 8.66. The predicted molar refractivity (Wildman–Crippen MR) is 32.8 cm³/mol. The van der Waals surface area contributed by atoms with Crippen LogP contribution in [0.4, 0.5) is 0 Å². The highest BCUT2D eigenvalue weighted by atomic mass is 31.2. The number of rotatable bonds is 3. The van der Waals surface area contributed by atoms with Gasteiger partial charge in [0.15, 0.2) is 0 Å². The van der Waals surface area contributed by atoms with Crippen molar-refractivity contribution in [3.05, 3.63) is 5.21 Å². The quantitative estimate of drug-likeness (QED) is 0.449. The van der Waals surface area contributed by atoms with Crippen LogP contribution in [0, 0.1) is 5.21 Å². The van der Waals surface area contributed by atoms with Gasteiger partial charge < -0.3 is 20.1 Å². The molecular weight excluding hydrogens is 145 g/mol. The molecule has 0 spiro atoms. The third-order valence-electron chi connectivity index (χ3n) is 0.922. The van der Waals surface area contributed by atoms with E-state index >= 15 is 0 Å². The normalized spacial score (nSPS) is 20.9. The Morgan fingerprint density at radius 3 is 2.44 bits per heavy atom. The second-order valence-corrected chi connectivity index (χ2v) is 3.81. The second-order valence-electron chi connectivity index (χ2n) is 1.54. The molecule has 0 bridgehead atoms. The Bertz CT molecular complexity index is 127. The molecule has 6 heteroatoms. The van der Waals surface area contributed by atoms with Gasteiger partial charge in [-0.05, 0) is 6.92 Å². The molecule has 0 saturated carbocycles. The average molecular weight is 154 g/mol. The van der Waals surface area contributed by atoms with Crippen LogP contribution in [0.15, 0.2) is 0 Å². The van der Waals surface area contributed by atoms with E-state index in [4.69, 9.17) is 4.89 Å². The first-order chi connectivity index (χ1) is 4.04. The minimum Gasteiger partial charge on any atom is -0.787 e. The van der Waals surface area contributed by atoms with Crippen LogP contribution in [-0.4, -0.2) is 17.8 Å². The largest absolute Gasteiger partial charge is 0.787 e. The molecule has 0 fully saturated rings. The molecule has 9 heavy (non-hydrogen) atoms. The highest BCUT2D eigenvalue weighted by Gasteiger charge is 2.23. The highest BCUT2D eigenvalue weighted by Crippen LogP contribution is 2.44. The Balaban J connectivity index is 3.98. The van der Waals surface area contributed by atoms with E-state index in [9.17, 15) is 9.77 Å². The standard InChI is InChI=1S/C3H9NO4P/c1-3(4-5)9(6,7)8-2/h3-4H,1-2H3,(H,6,7)/q-1. The average Bonchev–Trinajstić information content (AvgIpc) is 1.86. The number of nitrogens with one attached hydrogen (secondary N) is 1. The maximum Gasteiger partial charge on any atom is 0.343 e. The lowest BCUT2D eigenvalue weighted by Gasteiger charge is -2.20. The summed E-state index contributed by atoms with van der Waals surface area (Å²) in [6.45, 7) is 1.28. The summed E-state index contributed by atoms with van der Waals surface area (Å²) in [5.41, 5.74) is 1.37. The fraction of sp³-hybridized carbons (Fsp3) is 1.00. The number of hydrogen-bond donors (Lipinski definition) is 2. The molecule has 0 amide bonds. The molecule has 0 heterocycles. The third kappa shape index (κ3) is 2.43. The first-order valence-corrected chi connectivity index (χ1v) is 3.95. The molecule has 0 aromatic heterocycles. The van der Waals surface area contributed by atoms with Crippen LogP contribution in [0.5, 0.6) is 0 Å². The van der Waals surface area contributed by atoms with Gasteiger partial charge >= 0.3 is 7.60 Å². The second kappa shape index (κ2) is 3.29. The van der Waals surface area contributed by atoms with Gasteiger partial charge in [0.25, 0.3) is 0 Å². The van der Waals surface area contributed by atoms with Crippen LogP contribution >= 0.6 is 7.60 Å². The fourth-order valence-corrected chi connectivity index (χ4v) is 0.674. The molecule has 0 radical (unpaired) electrons. The van der Waals surface area contributed by atoms with Crippen molar-refractivity contribution in [2.24, 2.45) is 0 Å². The zero-order valence-electron chi connectivity index (χ0n) is 5.20. The molecule has 5 nitrogen and oxygen atoms in total. The Hall–Kier alpha value is 0.0700. The van der Waals surface area contributed by atoms with Gasteiger partial charge in [0, 0.05) is 7.11 Å². The summed E-state index contributed by atoms with van der Waals surface area (Å²) >= 11 is 0. The number of hydrogen-bond acceptors (Lipinski definition) is 4. The summed E-state index contributed by atoms with van der Waals surface area (Å²) in [5.74, 6) is -1.05. The molecule has 2 unspecified atom stereocenters. The highest BCUT2D eigenvalue weighted by molar-refractivity contribution is 7.53. The zero-order chi connectivity index (χ0) is 7.49. The first kappa shape index (κ1) is 9.07. The monoisotopic (exact) mass is 154 g/mol. The number of hydroxylamine groups is 1. The topological polar surface area (TPSA) is 81.6 Å². The molecule has 56 valence electrons. The Labute approximate surface area is 53.1 Å². The molecule has 0 aliphatic rings. The van der Waals surface area contributed by atoms with Gasteiger partial charge in [0.05, 0.1) is 5.78 Å². The van der Waals surface area contributed by atoms with Gasteiger partial charge in [-0.3, -0.25) is 4.57 Å². The lowest BCUT2D eigenvalue weighted by Crippen LogP contribution is -2.19. The van der Waals surface area contributed by atoms with Crippen LogP contribution in [0.3, 0.4) is 0 Å². The minimum atomic E-state index is -3.69. The van der Waals surface area contributed by atoms with E-state index < -0.39 is 13.4 Å².